The minimum absolute atomic E-state index is 0.348. The van der Waals surface area contributed by atoms with E-state index in [4.69, 9.17) is 5.11 Å². The maximum absolute atomic E-state index is 11.0. The molecule has 2 fully saturated rings. The Bertz CT molecular complexity index is 899. The van der Waals surface area contributed by atoms with E-state index in [0.29, 0.717) is 23.6 Å². The van der Waals surface area contributed by atoms with Gasteiger partial charge in [0.1, 0.15) is 0 Å². The van der Waals surface area contributed by atoms with Gasteiger partial charge in [-0.2, -0.15) is 0 Å². The Hall–Kier alpha value is -2.43. The summed E-state index contributed by atoms with van der Waals surface area (Å²) in [7, 11) is 0. The number of rotatable bonds is 10. The van der Waals surface area contributed by atoms with E-state index in [1.807, 2.05) is 12.1 Å². The van der Waals surface area contributed by atoms with Crippen molar-refractivity contribution in [2.45, 2.75) is 64.1 Å². The van der Waals surface area contributed by atoms with Crippen molar-refractivity contribution in [3.63, 3.8) is 0 Å². The van der Waals surface area contributed by atoms with Crippen LogP contribution in [0.25, 0.3) is 6.08 Å². The normalized spacial score (nSPS) is 25.5. The Morgan fingerprint density at radius 3 is 2.38 bits per heavy atom. The second-order valence-corrected chi connectivity index (χ2v) is 9.44. The van der Waals surface area contributed by atoms with Crippen molar-refractivity contribution in [2.75, 3.05) is 6.54 Å². The Kier molecular flexibility index (Phi) is 7.77. The molecule has 2 atom stereocenters. The third-order valence-electron chi connectivity index (χ3n) is 7.14. The van der Waals surface area contributed by atoms with Crippen molar-refractivity contribution >= 4 is 12.0 Å². The number of carbonyl (C=O) groups is 1. The number of nitrogens with one attached hydrogen (secondary N) is 2. The number of carboxylic acids is 1. The zero-order chi connectivity index (χ0) is 22.3. The maximum Gasteiger partial charge on any atom is 0.335 e. The molecule has 4 nitrogen and oxygen atoms in total. The van der Waals surface area contributed by atoms with Crippen LogP contribution in [0.2, 0.25) is 0 Å². The topological polar surface area (TPSA) is 61.4 Å². The first-order chi connectivity index (χ1) is 15.6. The number of hydrogen-bond acceptors (Lipinski definition) is 3. The van der Waals surface area contributed by atoms with Gasteiger partial charge in [-0.05, 0) is 80.2 Å². The summed E-state index contributed by atoms with van der Waals surface area (Å²) in [5.74, 6) is 0.630. The minimum atomic E-state index is -0.868. The number of benzene rings is 2. The monoisotopic (exact) mass is 432 g/mol. The molecule has 2 unspecified atom stereocenters. The molecular weight excluding hydrogens is 396 g/mol. The Balaban J connectivity index is 1.14. The lowest BCUT2D eigenvalue weighted by atomic mass is 9.86. The summed E-state index contributed by atoms with van der Waals surface area (Å²) >= 11 is 0. The molecule has 0 aromatic heterocycles. The van der Waals surface area contributed by atoms with E-state index >= 15 is 0 Å². The van der Waals surface area contributed by atoms with Crippen LogP contribution in [0.1, 0.15) is 66.9 Å². The average Bonchev–Trinajstić information content (AvgIpc) is 3.61. The third-order valence-corrected chi connectivity index (χ3v) is 7.14. The van der Waals surface area contributed by atoms with Crippen molar-refractivity contribution in [1.29, 1.82) is 0 Å². The van der Waals surface area contributed by atoms with Crippen LogP contribution in [0.4, 0.5) is 0 Å². The van der Waals surface area contributed by atoms with Crippen molar-refractivity contribution in [1.82, 2.24) is 10.6 Å². The molecule has 2 aromatic rings. The van der Waals surface area contributed by atoms with Crippen molar-refractivity contribution in [3.8, 4) is 0 Å². The van der Waals surface area contributed by atoms with Crippen LogP contribution in [0.3, 0.4) is 0 Å². The van der Waals surface area contributed by atoms with Gasteiger partial charge < -0.3 is 15.7 Å². The summed E-state index contributed by atoms with van der Waals surface area (Å²) in [6.07, 6.45) is 9.81. The van der Waals surface area contributed by atoms with Crippen LogP contribution in [-0.2, 0) is 6.54 Å². The van der Waals surface area contributed by atoms with Crippen LogP contribution in [0, 0.1) is 11.8 Å². The molecule has 4 heteroatoms. The number of hydrogen-bond donors (Lipinski definition) is 3. The predicted octanol–water partition coefficient (Wildman–Crippen LogP) is 5.50. The van der Waals surface area contributed by atoms with Gasteiger partial charge in [0.05, 0.1) is 5.56 Å². The van der Waals surface area contributed by atoms with Crippen LogP contribution in [0.15, 0.2) is 60.2 Å². The van der Waals surface area contributed by atoms with E-state index in [0.717, 1.165) is 31.0 Å². The van der Waals surface area contributed by atoms with Gasteiger partial charge in [0, 0.05) is 18.6 Å². The highest BCUT2D eigenvalue weighted by atomic mass is 16.4. The lowest BCUT2D eigenvalue weighted by molar-refractivity contribution is 0.0697. The summed E-state index contributed by atoms with van der Waals surface area (Å²) < 4.78 is 0. The Labute approximate surface area is 192 Å². The van der Waals surface area contributed by atoms with E-state index in [1.54, 1.807) is 17.7 Å². The molecule has 170 valence electrons. The van der Waals surface area contributed by atoms with Gasteiger partial charge >= 0.3 is 5.97 Å². The molecule has 2 saturated carbocycles. The predicted molar refractivity (Wildman–Crippen MR) is 131 cm³/mol. The molecule has 0 radical (unpaired) electrons. The molecule has 0 amide bonds. The maximum atomic E-state index is 11.0. The van der Waals surface area contributed by atoms with Gasteiger partial charge in [-0.15, -0.1) is 0 Å². The molecule has 2 aliphatic rings. The van der Waals surface area contributed by atoms with Crippen molar-refractivity contribution < 1.29 is 9.90 Å². The second kappa shape index (κ2) is 10.9. The highest BCUT2D eigenvalue weighted by molar-refractivity contribution is 5.87. The fourth-order valence-electron chi connectivity index (χ4n) is 4.98. The van der Waals surface area contributed by atoms with Crippen LogP contribution >= 0.6 is 0 Å². The SMILES string of the molecule is CC/C(=C\c1ccccc1)C1CC1NC[C@H]1CC[C@H](NCc2ccc(C(=O)O)cc2)CC1. The van der Waals surface area contributed by atoms with Gasteiger partial charge in [0.2, 0.25) is 0 Å². The fraction of sp³-hybridized carbons (Fsp3) is 0.464. The molecule has 0 heterocycles. The molecule has 32 heavy (non-hydrogen) atoms. The van der Waals surface area contributed by atoms with Gasteiger partial charge in [-0.25, -0.2) is 4.79 Å². The Morgan fingerprint density at radius 1 is 1.00 bits per heavy atom. The van der Waals surface area contributed by atoms with Gasteiger partial charge in [-0.3, -0.25) is 0 Å². The summed E-state index contributed by atoms with van der Waals surface area (Å²) in [5, 5.41) is 16.5. The van der Waals surface area contributed by atoms with Crippen LogP contribution in [-0.4, -0.2) is 29.7 Å². The fourth-order valence-corrected chi connectivity index (χ4v) is 4.98. The highest BCUT2D eigenvalue weighted by Gasteiger charge is 2.39. The van der Waals surface area contributed by atoms with E-state index in [9.17, 15) is 4.79 Å². The van der Waals surface area contributed by atoms with Crippen LogP contribution < -0.4 is 10.6 Å². The first-order valence-electron chi connectivity index (χ1n) is 12.2. The molecule has 0 saturated heterocycles. The molecule has 2 aliphatic carbocycles. The van der Waals surface area contributed by atoms with Crippen molar-refractivity contribution in [3.05, 3.63) is 76.9 Å². The highest BCUT2D eigenvalue weighted by Crippen LogP contribution is 2.40. The summed E-state index contributed by atoms with van der Waals surface area (Å²) in [6, 6.07) is 19.1. The zero-order valence-electron chi connectivity index (χ0n) is 19.1. The van der Waals surface area contributed by atoms with E-state index in [1.165, 1.54) is 37.7 Å². The van der Waals surface area contributed by atoms with Crippen LogP contribution in [0.5, 0.6) is 0 Å². The molecule has 3 N–H and O–H groups in total. The first kappa shape index (κ1) is 22.8. The molecular formula is C28H36N2O2. The standard InChI is InChI=1S/C28H36N2O2/c1-2-23(16-20-6-4-3-5-7-20)26-17-27(26)30-19-22-10-14-25(15-11-22)29-18-21-8-12-24(13-9-21)28(31)32/h3-9,12-13,16,22,25-27,29-30H,2,10-11,14-15,17-19H2,1H3,(H,31,32)/b23-16+/t22-,25-,26?,27?. The van der Waals surface area contributed by atoms with E-state index in [-0.39, 0.29) is 0 Å². The van der Waals surface area contributed by atoms with Gasteiger partial charge in [0.15, 0.2) is 0 Å². The molecule has 0 aliphatic heterocycles. The molecule has 0 spiro atoms. The number of aromatic carboxylic acids is 1. The average molecular weight is 433 g/mol. The molecule has 4 rings (SSSR count). The first-order valence-corrected chi connectivity index (χ1v) is 12.2. The second-order valence-electron chi connectivity index (χ2n) is 9.44. The summed E-state index contributed by atoms with van der Waals surface area (Å²) in [5.41, 5.74) is 4.40. The Morgan fingerprint density at radius 2 is 1.72 bits per heavy atom. The largest absolute Gasteiger partial charge is 0.478 e. The third kappa shape index (κ3) is 6.30. The zero-order valence-corrected chi connectivity index (χ0v) is 19.1. The lowest BCUT2D eigenvalue weighted by Crippen LogP contribution is -2.36. The quantitative estimate of drug-likeness (QED) is 0.464. The van der Waals surface area contributed by atoms with Gasteiger partial charge in [0.25, 0.3) is 0 Å². The van der Waals surface area contributed by atoms with E-state index < -0.39 is 5.97 Å². The minimum Gasteiger partial charge on any atom is -0.478 e. The number of carboxylic acid groups (broad SMARTS) is 1. The molecule has 2 aromatic carbocycles. The van der Waals surface area contributed by atoms with E-state index in [2.05, 4.69) is 54.0 Å². The summed E-state index contributed by atoms with van der Waals surface area (Å²) in [6.45, 7) is 4.23. The van der Waals surface area contributed by atoms with Crippen molar-refractivity contribution in [2.24, 2.45) is 11.8 Å². The lowest BCUT2D eigenvalue weighted by Gasteiger charge is -2.29. The molecule has 0 bridgehead atoms. The summed E-state index contributed by atoms with van der Waals surface area (Å²) in [4.78, 5) is 11.0. The van der Waals surface area contributed by atoms with Gasteiger partial charge in [-0.1, -0.05) is 61.0 Å². The smallest absolute Gasteiger partial charge is 0.335 e.